The van der Waals surface area contributed by atoms with Crippen molar-refractivity contribution in [3.8, 4) is 5.75 Å². The van der Waals surface area contributed by atoms with E-state index in [2.05, 4.69) is 38.2 Å². The molecule has 3 rings (SSSR count). The SMILES string of the molecule is CC(C)(C)c1ccc(OCCCN2C(=O)NC(Cc3ccccc3)C2=O)cc1. The van der Waals surface area contributed by atoms with Crippen LogP contribution in [0.25, 0.3) is 0 Å². The van der Waals surface area contributed by atoms with E-state index in [1.165, 1.54) is 10.5 Å². The third-order valence-corrected chi connectivity index (χ3v) is 4.90. The molecule has 28 heavy (non-hydrogen) atoms. The van der Waals surface area contributed by atoms with Gasteiger partial charge in [-0.25, -0.2) is 4.79 Å². The summed E-state index contributed by atoms with van der Waals surface area (Å²) < 4.78 is 5.76. The summed E-state index contributed by atoms with van der Waals surface area (Å²) in [5.74, 6) is 0.635. The number of hydrogen-bond donors (Lipinski definition) is 1. The number of benzene rings is 2. The molecule has 1 aliphatic rings. The van der Waals surface area contributed by atoms with Crippen molar-refractivity contribution in [2.45, 2.75) is 45.1 Å². The summed E-state index contributed by atoms with van der Waals surface area (Å²) in [4.78, 5) is 25.9. The second-order valence-electron chi connectivity index (χ2n) is 8.16. The van der Waals surface area contributed by atoms with E-state index in [0.29, 0.717) is 26.0 Å². The molecule has 0 spiro atoms. The van der Waals surface area contributed by atoms with Gasteiger partial charge in [-0.1, -0.05) is 63.2 Å². The van der Waals surface area contributed by atoms with Gasteiger partial charge in [-0.2, -0.15) is 0 Å². The quantitative estimate of drug-likeness (QED) is 0.585. The zero-order valence-electron chi connectivity index (χ0n) is 16.8. The Balaban J connectivity index is 1.45. The highest BCUT2D eigenvalue weighted by Crippen LogP contribution is 2.24. The summed E-state index contributed by atoms with van der Waals surface area (Å²) in [5, 5.41) is 2.78. The van der Waals surface area contributed by atoms with E-state index in [-0.39, 0.29) is 17.4 Å². The fourth-order valence-corrected chi connectivity index (χ4v) is 3.24. The van der Waals surface area contributed by atoms with Crippen molar-refractivity contribution >= 4 is 11.9 Å². The van der Waals surface area contributed by atoms with E-state index in [4.69, 9.17) is 4.74 Å². The van der Waals surface area contributed by atoms with Crippen LogP contribution in [-0.4, -0.2) is 36.0 Å². The maximum atomic E-state index is 12.5. The Morgan fingerprint density at radius 2 is 1.68 bits per heavy atom. The number of rotatable bonds is 7. The molecule has 0 saturated carbocycles. The predicted octanol–water partition coefficient (Wildman–Crippen LogP) is 3.92. The fourth-order valence-electron chi connectivity index (χ4n) is 3.24. The second-order valence-corrected chi connectivity index (χ2v) is 8.16. The number of imide groups is 1. The van der Waals surface area contributed by atoms with Gasteiger partial charge in [0.05, 0.1) is 6.61 Å². The molecule has 5 heteroatoms. The summed E-state index contributed by atoms with van der Waals surface area (Å²) in [6, 6.07) is 17.0. The zero-order chi connectivity index (χ0) is 20.1. The van der Waals surface area contributed by atoms with E-state index in [1.54, 1.807) is 0 Å². The number of hydrogen-bond acceptors (Lipinski definition) is 3. The van der Waals surface area contributed by atoms with E-state index in [1.807, 2.05) is 42.5 Å². The van der Waals surface area contributed by atoms with Crippen LogP contribution in [0.3, 0.4) is 0 Å². The van der Waals surface area contributed by atoms with E-state index in [9.17, 15) is 9.59 Å². The predicted molar refractivity (Wildman–Crippen MR) is 109 cm³/mol. The Labute approximate surface area is 166 Å². The van der Waals surface area contributed by atoms with Gasteiger partial charge in [-0.3, -0.25) is 9.69 Å². The maximum Gasteiger partial charge on any atom is 0.324 e. The average molecular weight is 380 g/mol. The maximum absolute atomic E-state index is 12.5. The van der Waals surface area contributed by atoms with E-state index >= 15 is 0 Å². The molecular formula is C23H28N2O3. The Morgan fingerprint density at radius 3 is 2.32 bits per heavy atom. The first-order valence-corrected chi connectivity index (χ1v) is 9.74. The van der Waals surface area contributed by atoms with Crippen molar-refractivity contribution < 1.29 is 14.3 Å². The molecule has 1 N–H and O–H groups in total. The lowest BCUT2D eigenvalue weighted by atomic mass is 9.87. The number of urea groups is 1. The van der Waals surface area contributed by atoms with Crippen molar-refractivity contribution in [1.82, 2.24) is 10.2 Å². The third-order valence-electron chi connectivity index (χ3n) is 4.90. The molecule has 1 unspecified atom stereocenters. The first-order valence-electron chi connectivity index (χ1n) is 9.74. The average Bonchev–Trinajstić information content (AvgIpc) is 2.93. The molecule has 148 valence electrons. The third kappa shape index (κ3) is 4.91. The van der Waals surface area contributed by atoms with Crippen LogP contribution in [-0.2, 0) is 16.6 Å². The van der Waals surface area contributed by atoms with Crippen molar-refractivity contribution in [1.29, 1.82) is 0 Å². The topological polar surface area (TPSA) is 58.6 Å². The lowest BCUT2D eigenvalue weighted by Gasteiger charge is -2.19. The molecule has 1 fully saturated rings. The summed E-state index contributed by atoms with van der Waals surface area (Å²) in [7, 11) is 0. The van der Waals surface area contributed by atoms with Crippen molar-refractivity contribution in [2.75, 3.05) is 13.2 Å². The van der Waals surface area contributed by atoms with Gasteiger partial charge in [0, 0.05) is 13.0 Å². The van der Waals surface area contributed by atoms with Gasteiger partial charge in [-0.05, 0) is 35.1 Å². The normalized spacial score (nSPS) is 17.0. The Kier molecular flexibility index (Phi) is 6.02. The Morgan fingerprint density at radius 1 is 1.00 bits per heavy atom. The van der Waals surface area contributed by atoms with Gasteiger partial charge in [0.2, 0.25) is 0 Å². The van der Waals surface area contributed by atoms with Crippen LogP contribution >= 0.6 is 0 Å². The summed E-state index contributed by atoms with van der Waals surface area (Å²) in [6.07, 6.45) is 1.11. The van der Waals surface area contributed by atoms with Gasteiger partial charge >= 0.3 is 6.03 Å². The lowest BCUT2D eigenvalue weighted by Crippen LogP contribution is -2.33. The first-order chi connectivity index (χ1) is 13.3. The number of amides is 3. The molecule has 1 heterocycles. The highest BCUT2D eigenvalue weighted by Gasteiger charge is 2.37. The first kappa shape index (κ1) is 19.9. The van der Waals surface area contributed by atoms with E-state index < -0.39 is 6.04 Å². The molecule has 1 saturated heterocycles. The minimum absolute atomic E-state index is 0.109. The standard InChI is InChI=1S/C23H28N2O3/c1-23(2,3)18-10-12-19(13-11-18)28-15-7-14-25-21(26)20(24-22(25)27)16-17-8-5-4-6-9-17/h4-6,8-13,20H,7,14-16H2,1-3H3,(H,24,27). The van der Waals surface area contributed by atoms with Crippen molar-refractivity contribution in [3.05, 3.63) is 65.7 Å². The van der Waals surface area contributed by atoms with Crippen LogP contribution in [0.1, 0.15) is 38.3 Å². The highest BCUT2D eigenvalue weighted by atomic mass is 16.5. The number of carbonyl (C=O) groups excluding carboxylic acids is 2. The minimum Gasteiger partial charge on any atom is -0.494 e. The molecule has 0 aliphatic carbocycles. The smallest absolute Gasteiger partial charge is 0.324 e. The van der Waals surface area contributed by atoms with Crippen LogP contribution in [0.15, 0.2) is 54.6 Å². The largest absolute Gasteiger partial charge is 0.494 e. The van der Waals surface area contributed by atoms with Gasteiger partial charge in [-0.15, -0.1) is 0 Å². The highest BCUT2D eigenvalue weighted by molar-refractivity contribution is 6.04. The number of nitrogens with one attached hydrogen (secondary N) is 1. The van der Waals surface area contributed by atoms with Gasteiger partial charge in [0.25, 0.3) is 5.91 Å². The van der Waals surface area contributed by atoms with Crippen LogP contribution in [0, 0.1) is 0 Å². The van der Waals surface area contributed by atoms with Crippen molar-refractivity contribution in [2.24, 2.45) is 0 Å². The van der Waals surface area contributed by atoms with Gasteiger partial charge in [0.1, 0.15) is 11.8 Å². The molecule has 0 radical (unpaired) electrons. The van der Waals surface area contributed by atoms with E-state index in [0.717, 1.165) is 11.3 Å². The van der Waals surface area contributed by atoms with Crippen LogP contribution in [0.4, 0.5) is 4.79 Å². The molecule has 0 aromatic heterocycles. The Bertz CT molecular complexity index is 810. The molecule has 3 amide bonds. The van der Waals surface area contributed by atoms with Gasteiger partial charge in [0.15, 0.2) is 0 Å². The summed E-state index contributed by atoms with van der Waals surface area (Å²) in [6.45, 7) is 7.33. The fraction of sp³-hybridized carbons (Fsp3) is 0.391. The lowest BCUT2D eigenvalue weighted by molar-refractivity contribution is -0.127. The summed E-state index contributed by atoms with van der Waals surface area (Å²) in [5.41, 5.74) is 2.40. The zero-order valence-corrected chi connectivity index (χ0v) is 16.8. The van der Waals surface area contributed by atoms with Crippen LogP contribution in [0.5, 0.6) is 5.75 Å². The second kappa shape index (κ2) is 8.46. The number of carbonyl (C=O) groups is 2. The minimum atomic E-state index is -0.485. The molecular weight excluding hydrogens is 352 g/mol. The number of nitrogens with zero attached hydrogens (tertiary/aromatic N) is 1. The van der Waals surface area contributed by atoms with Crippen LogP contribution < -0.4 is 10.1 Å². The monoisotopic (exact) mass is 380 g/mol. The molecule has 1 atom stereocenters. The van der Waals surface area contributed by atoms with Gasteiger partial charge < -0.3 is 10.1 Å². The number of ether oxygens (including phenoxy) is 1. The van der Waals surface area contributed by atoms with Crippen molar-refractivity contribution in [3.63, 3.8) is 0 Å². The molecule has 1 aliphatic heterocycles. The summed E-state index contributed by atoms with van der Waals surface area (Å²) >= 11 is 0. The molecule has 2 aromatic rings. The van der Waals surface area contributed by atoms with Crippen LogP contribution in [0.2, 0.25) is 0 Å². The molecule has 0 bridgehead atoms. The molecule has 2 aromatic carbocycles. The Hall–Kier alpha value is -2.82. The molecule has 5 nitrogen and oxygen atoms in total.